The molecule has 1 saturated carbocycles. The van der Waals surface area contributed by atoms with Gasteiger partial charge in [0.05, 0.1) is 0 Å². The van der Waals surface area contributed by atoms with Crippen molar-refractivity contribution in [2.45, 2.75) is 31.9 Å². The molecular formula is C11H16F3N3. The van der Waals surface area contributed by atoms with E-state index >= 15 is 0 Å². The second-order valence-corrected chi connectivity index (χ2v) is 5.38. The van der Waals surface area contributed by atoms with E-state index in [1.165, 1.54) is 11.7 Å². The van der Waals surface area contributed by atoms with Crippen molar-refractivity contribution < 1.29 is 13.2 Å². The molecule has 2 rings (SSSR count). The molecule has 17 heavy (non-hydrogen) atoms. The van der Waals surface area contributed by atoms with Crippen molar-refractivity contribution >= 4 is 0 Å². The molecule has 1 aromatic heterocycles. The summed E-state index contributed by atoms with van der Waals surface area (Å²) in [6, 6.07) is 1.13. The van der Waals surface area contributed by atoms with Crippen LogP contribution in [0, 0.1) is 5.41 Å². The summed E-state index contributed by atoms with van der Waals surface area (Å²) in [7, 11) is 1.54. The number of hydrogen-bond acceptors (Lipinski definition) is 2. The number of nitrogens with zero attached hydrogens (tertiary/aromatic N) is 2. The van der Waals surface area contributed by atoms with Crippen molar-refractivity contribution in [3.05, 3.63) is 17.5 Å². The average Bonchev–Trinajstić information content (AvgIpc) is 2.53. The average molecular weight is 247 g/mol. The van der Waals surface area contributed by atoms with Crippen LogP contribution in [0.15, 0.2) is 6.07 Å². The van der Waals surface area contributed by atoms with Gasteiger partial charge < -0.3 is 5.73 Å². The molecule has 0 saturated heterocycles. The summed E-state index contributed by atoms with van der Waals surface area (Å²) in [6.45, 7) is 4.37. The summed E-state index contributed by atoms with van der Waals surface area (Å²) in [5, 5.41) is 3.54. The molecule has 1 fully saturated rings. The molecule has 0 amide bonds. The van der Waals surface area contributed by atoms with E-state index in [0.29, 0.717) is 12.2 Å². The van der Waals surface area contributed by atoms with Gasteiger partial charge in [0, 0.05) is 24.7 Å². The van der Waals surface area contributed by atoms with E-state index in [-0.39, 0.29) is 10.8 Å². The Balaban J connectivity index is 2.45. The molecule has 3 nitrogen and oxygen atoms in total. The summed E-state index contributed by atoms with van der Waals surface area (Å²) >= 11 is 0. The Bertz CT molecular complexity index is 447. The standard InChI is InChI=1S/C11H16F3N3/c1-9(2)5-10(9,6-15)8-4-7(11(12,13)14)16-17(8)3/h4H,5-6,15H2,1-3H3. The summed E-state index contributed by atoms with van der Waals surface area (Å²) in [5.74, 6) is 0. The fourth-order valence-electron chi connectivity index (χ4n) is 2.65. The van der Waals surface area contributed by atoms with Gasteiger partial charge in [-0.3, -0.25) is 4.68 Å². The lowest BCUT2D eigenvalue weighted by Crippen LogP contribution is -2.27. The number of hydrogen-bond donors (Lipinski definition) is 1. The third-order valence-corrected chi connectivity index (χ3v) is 3.92. The molecule has 0 spiro atoms. The van der Waals surface area contributed by atoms with Crippen molar-refractivity contribution in [3.8, 4) is 0 Å². The number of nitrogens with two attached hydrogens (primary N) is 1. The molecule has 0 bridgehead atoms. The highest BCUT2D eigenvalue weighted by Gasteiger charge is 2.62. The molecule has 1 aliphatic rings. The highest BCUT2D eigenvalue weighted by atomic mass is 19.4. The monoisotopic (exact) mass is 247 g/mol. The molecule has 96 valence electrons. The maximum Gasteiger partial charge on any atom is 0.435 e. The minimum absolute atomic E-state index is 0.0571. The minimum Gasteiger partial charge on any atom is -0.330 e. The van der Waals surface area contributed by atoms with Crippen molar-refractivity contribution in [2.24, 2.45) is 18.2 Å². The zero-order chi connectivity index (χ0) is 13.1. The van der Waals surface area contributed by atoms with Gasteiger partial charge in [0.2, 0.25) is 0 Å². The molecular weight excluding hydrogens is 231 g/mol. The van der Waals surface area contributed by atoms with Gasteiger partial charge in [0.25, 0.3) is 0 Å². The van der Waals surface area contributed by atoms with E-state index in [1.807, 2.05) is 13.8 Å². The molecule has 1 atom stereocenters. The lowest BCUT2D eigenvalue weighted by molar-refractivity contribution is -0.141. The Morgan fingerprint density at radius 3 is 2.29 bits per heavy atom. The highest BCUT2D eigenvalue weighted by Crippen LogP contribution is 2.63. The van der Waals surface area contributed by atoms with Crippen LogP contribution in [-0.2, 0) is 18.6 Å². The fourth-order valence-corrected chi connectivity index (χ4v) is 2.65. The van der Waals surface area contributed by atoms with Crippen LogP contribution in [0.5, 0.6) is 0 Å². The van der Waals surface area contributed by atoms with E-state index in [4.69, 9.17) is 5.73 Å². The predicted molar refractivity (Wildman–Crippen MR) is 57.3 cm³/mol. The molecule has 0 aliphatic heterocycles. The van der Waals surface area contributed by atoms with Crippen LogP contribution in [0.25, 0.3) is 0 Å². The molecule has 2 N–H and O–H groups in total. The van der Waals surface area contributed by atoms with Crippen LogP contribution in [0.4, 0.5) is 13.2 Å². The number of alkyl halides is 3. The van der Waals surface area contributed by atoms with Crippen molar-refractivity contribution in [2.75, 3.05) is 6.54 Å². The van der Waals surface area contributed by atoms with Crippen molar-refractivity contribution in [1.82, 2.24) is 9.78 Å². The van der Waals surface area contributed by atoms with E-state index in [2.05, 4.69) is 5.10 Å². The highest BCUT2D eigenvalue weighted by molar-refractivity contribution is 5.34. The smallest absolute Gasteiger partial charge is 0.330 e. The van der Waals surface area contributed by atoms with Crippen LogP contribution in [0.2, 0.25) is 0 Å². The zero-order valence-electron chi connectivity index (χ0n) is 10.1. The normalized spacial score (nSPS) is 27.2. The first kappa shape index (κ1) is 12.4. The van der Waals surface area contributed by atoms with Gasteiger partial charge in [-0.2, -0.15) is 18.3 Å². The molecule has 0 radical (unpaired) electrons. The van der Waals surface area contributed by atoms with Gasteiger partial charge in [-0.05, 0) is 17.9 Å². The SMILES string of the molecule is Cn1nc(C(F)(F)F)cc1C1(CN)CC1(C)C. The van der Waals surface area contributed by atoms with Gasteiger partial charge in [-0.1, -0.05) is 13.8 Å². The van der Waals surface area contributed by atoms with Gasteiger partial charge >= 0.3 is 6.18 Å². The minimum atomic E-state index is -4.40. The third-order valence-electron chi connectivity index (χ3n) is 3.92. The van der Waals surface area contributed by atoms with E-state index < -0.39 is 11.9 Å². The Morgan fingerprint density at radius 2 is 2.00 bits per heavy atom. The summed E-state index contributed by atoms with van der Waals surface area (Å²) in [4.78, 5) is 0. The largest absolute Gasteiger partial charge is 0.435 e. The topological polar surface area (TPSA) is 43.8 Å². The Morgan fingerprint density at radius 1 is 1.47 bits per heavy atom. The number of rotatable bonds is 2. The first-order chi connectivity index (χ1) is 7.64. The van der Waals surface area contributed by atoms with Gasteiger partial charge in [0.1, 0.15) is 0 Å². The quantitative estimate of drug-likeness (QED) is 0.869. The van der Waals surface area contributed by atoms with Crippen LogP contribution in [-0.4, -0.2) is 16.3 Å². The number of halogens is 3. The summed E-state index contributed by atoms with van der Waals surface area (Å²) < 4.78 is 39.0. The zero-order valence-corrected chi connectivity index (χ0v) is 10.1. The Hall–Kier alpha value is -1.04. The summed E-state index contributed by atoms with van der Waals surface area (Å²) in [6.07, 6.45) is -3.60. The van der Waals surface area contributed by atoms with Gasteiger partial charge in [-0.15, -0.1) is 0 Å². The lowest BCUT2D eigenvalue weighted by Gasteiger charge is -2.18. The molecule has 1 unspecified atom stereocenters. The molecule has 1 aromatic rings. The van der Waals surface area contributed by atoms with Crippen LogP contribution >= 0.6 is 0 Å². The van der Waals surface area contributed by atoms with Gasteiger partial charge in [-0.25, -0.2) is 0 Å². The second-order valence-electron chi connectivity index (χ2n) is 5.38. The fraction of sp³-hybridized carbons (Fsp3) is 0.727. The second kappa shape index (κ2) is 3.25. The predicted octanol–water partition coefficient (Wildman–Crippen LogP) is 2.07. The first-order valence-electron chi connectivity index (χ1n) is 5.46. The third kappa shape index (κ3) is 1.66. The van der Waals surface area contributed by atoms with Crippen LogP contribution < -0.4 is 5.73 Å². The first-order valence-corrected chi connectivity index (χ1v) is 5.46. The lowest BCUT2D eigenvalue weighted by atomic mass is 9.92. The van der Waals surface area contributed by atoms with Crippen LogP contribution in [0.1, 0.15) is 31.7 Å². The molecule has 1 heterocycles. The molecule has 6 heteroatoms. The van der Waals surface area contributed by atoms with Gasteiger partial charge in [0.15, 0.2) is 5.69 Å². The van der Waals surface area contributed by atoms with Crippen molar-refractivity contribution in [3.63, 3.8) is 0 Å². The van der Waals surface area contributed by atoms with E-state index in [1.54, 1.807) is 0 Å². The molecule has 1 aliphatic carbocycles. The maximum absolute atomic E-state index is 12.6. The Labute approximate surface area is 97.8 Å². The Kier molecular flexibility index (Phi) is 2.37. The van der Waals surface area contributed by atoms with Crippen LogP contribution in [0.3, 0.4) is 0 Å². The van der Waals surface area contributed by atoms with E-state index in [0.717, 1.165) is 12.5 Å². The molecule has 0 aromatic carbocycles. The number of aromatic nitrogens is 2. The summed E-state index contributed by atoms with van der Waals surface area (Å²) in [5.41, 5.74) is 5.06. The maximum atomic E-state index is 12.6. The number of aryl methyl sites for hydroxylation is 1. The van der Waals surface area contributed by atoms with E-state index in [9.17, 15) is 13.2 Å². The van der Waals surface area contributed by atoms with Crippen molar-refractivity contribution in [1.29, 1.82) is 0 Å².